The Labute approximate surface area is 167 Å². The number of aliphatic imine (C=N–C) groups is 1. The smallest absolute Gasteiger partial charge is 0.328 e. The van der Waals surface area contributed by atoms with Crippen molar-refractivity contribution < 1.29 is 24.7 Å². The number of hydrogen-bond donors (Lipinski definition) is 4. The van der Waals surface area contributed by atoms with Gasteiger partial charge in [0.05, 0.1) is 5.71 Å². The molecule has 29 heavy (non-hydrogen) atoms. The maximum atomic E-state index is 11.8. The number of rotatable bonds is 5. The van der Waals surface area contributed by atoms with Crippen molar-refractivity contribution in [2.45, 2.75) is 24.7 Å². The van der Waals surface area contributed by atoms with Crippen molar-refractivity contribution >= 4 is 34.0 Å². The van der Waals surface area contributed by atoms with Gasteiger partial charge >= 0.3 is 5.97 Å². The number of aromatic nitrogens is 1. The molecule has 0 amide bonds. The average Bonchev–Trinajstić information content (AvgIpc) is 3.14. The maximum absolute atomic E-state index is 11.8. The Balaban J connectivity index is 1.61. The zero-order valence-electron chi connectivity index (χ0n) is 15.9. The van der Waals surface area contributed by atoms with Gasteiger partial charge in [-0.25, -0.2) is 4.79 Å². The van der Waals surface area contributed by atoms with Gasteiger partial charge in [-0.3, -0.25) is 4.99 Å². The number of benzene rings is 2. The summed E-state index contributed by atoms with van der Waals surface area (Å²) in [5.74, 6) is -1.10. The molecule has 0 bridgehead atoms. The topological polar surface area (TPSA) is 109 Å². The minimum atomic E-state index is -1.11. The van der Waals surface area contributed by atoms with E-state index in [9.17, 15) is 20.1 Å². The number of carboxylic acids is 1. The number of nitrogens with one attached hydrogen (secondary N) is 1. The van der Waals surface area contributed by atoms with Crippen LogP contribution >= 0.6 is 0 Å². The number of aromatic amines is 1. The van der Waals surface area contributed by atoms with E-state index in [4.69, 9.17) is 0 Å². The van der Waals surface area contributed by atoms with Crippen LogP contribution < -0.4 is 0 Å². The van der Waals surface area contributed by atoms with Gasteiger partial charge in [-0.2, -0.15) is 4.58 Å². The second-order valence-electron chi connectivity index (χ2n) is 7.10. The Bertz CT molecular complexity index is 1100. The first-order valence-corrected chi connectivity index (χ1v) is 9.34. The molecular weight excluding hydrogens is 370 g/mol. The Hall–Kier alpha value is -3.29. The van der Waals surface area contributed by atoms with E-state index in [-0.39, 0.29) is 12.1 Å². The number of aliphatic hydroxyl groups is 2. The molecule has 0 radical (unpaired) electrons. The summed E-state index contributed by atoms with van der Waals surface area (Å²) in [6, 6.07) is 15.8. The number of para-hydroxylation sites is 2. The zero-order valence-corrected chi connectivity index (χ0v) is 15.9. The highest BCUT2D eigenvalue weighted by atomic mass is 16.4. The maximum Gasteiger partial charge on any atom is 0.328 e. The minimum Gasteiger partial charge on any atom is -0.480 e. The molecule has 1 aromatic heterocycles. The van der Waals surface area contributed by atoms with E-state index < -0.39 is 24.2 Å². The van der Waals surface area contributed by atoms with Gasteiger partial charge in [-0.1, -0.05) is 36.4 Å². The average molecular weight is 392 g/mol. The van der Waals surface area contributed by atoms with Crippen molar-refractivity contribution in [2.75, 3.05) is 7.05 Å². The standard InChI is InChI=1S/C22H21N3O4/c1-25(14-7-3-2-4-8-14)19-20(26)18(21(19)27)24-17(22(28)29)11-13-12-23-16-10-6-5-9-15(13)16/h2-10,12,17,20-21,23,26-27H,11H2,1H3/p+1/t17-,20?,21?/m0/s1. The van der Waals surface area contributed by atoms with Gasteiger partial charge in [-0.05, 0) is 11.6 Å². The van der Waals surface area contributed by atoms with Gasteiger partial charge in [0.25, 0.3) is 0 Å². The predicted molar refractivity (Wildman–Crippen MR) is 110 cm³/mol. The van der Waals surface area contributed by atoms with E-state index in [1.165, 1.54) is 0 Å². The van der Waals surface area contributed by atoms with Gasteiger partial charge in [-0.15, -0.1) is 0 Å². The summed E-state index contributed by atoms with van der Waals surface area (Å²) in [5, 5.41) is 31.6. The molecule has 1 heterocycles. The summed E-state index contributed by atoms with van der Waals surface area (Å²) in [7, 11) is 1.74. The zero-order chi connectivity index (χ0) is 20.5. The first-order chi connectivity index (χ1) is 14.0. The first-order valence-electron chi connectivity index (χ1n) is 9.34. The van der Waals surface area contributed by atoms with E-state index in [1.807, 2.05) is 54.6 Å². The van der Waals surface area contributed by atoms with Crippen LogP contribution in [0, 0.1) is 0 Å². The Morgan fingerprint density at radius 3 is 2.45 bits per heavy atom. The molecule has 0 spiro atoms. The molecule has 1 aliphatic rings. The van der Waals surface area contributed by atoms with E-state index >= 15 is 0 Å². The largest absolute Gasteiger partial charge is 0.480 e. The van der Waals surface area contributed by atoms with Crippen LogP contribution in [-0.4, -0.2) is 67.6 Å². The molecule has 2 unspecified atom stereocenters. The van der Waals surface area contributed by atoms with Crippen molar-refractivity contribution in [3.05, 3.63) is 66.4 Å². The number of aliphatic carboxylic acids is 1. The number of nitrogens with zero attached hydrogens (tertiary/aromatic N) is 2. The van der Waals surface area contributed by atoms with Crippen LogP contribution in [0.4, 0.5) is 5.69 Å². The molecule has 0 aliphatic heterocycles. The van der Waals surface area contributed by atoms with E-state index in [2.05, 4.69) is 9.98 Å². The normalized spacial score (nSPS) is 19.7. The SMILES string of the molecule is C[N+](=C1C(O)C(=N[C@@H](Cc2c[nH]c3ccccc23)C(=O)O)C1O)c1ccccc1. The summed E-state index contributed by atoms with van der Waals surface area (Å²) in [4.78, 5) is 19.1. The monoisotopic (exact) mass is 392 g/mol. The fourth-order valence-corrected chi connectivity index (χ4v) is 3.69. The molecule has 148 valence electrons. The highest BCUT2D eigenvalue weighted by Crippen LogP contribution is 2.23. The molecule has 4 N–H and O–H groups in total. The number of carboxylic acid groups (broad SMARTS) is 1. The molecule has 4 rings (SSSR count). The van der Waals surface area contributed by atoms with Crippen molar-refractivity contribution in [3.63, 3.8) is 0 Å². The van der Waals surface area contributed by atoms with Crippen molar-refractivity contribution in [3.8, 4) is 0 Å². The molecule has 7 nitrogen and oxygen atoms in total. The van der Waals surface area contributed by atoms with Gasteiger partial charge in [0, 0.05) is 35.7 Å². The van der Waals surface area contributed by atoms with E-state index in [0.29, 0.717) is 5.71 Å². The number of aliphatic hydroxyl groups excluding tert-OH is 2. The van der Waals surface area contributed by atoms with E-state index in [1.54, 1.807) is 17.8 Å². The fraction of sp³-hybridized carbons (Fsp3) is 0.227. The summed E-state index contributed by atoms with van der Waals surface area (Å²) in [6.45, 7) is 0. The van der Waals surface area contributed by atoms with Crippen LogP contribution in [0.2, 0.25) is 0 Å². The quantitative estimate of drug-likeness (QED) is 0.496. The molecule has 1 aliphatic carbocycles. The van der Waals surface area contributed by atoms with Crippen molar-refractivity contribution in [1.29, 1.82) is 0 Å². The summed E-state index contributed by atoms with van der Waals surface area (Å²) in [6.07, 6.45) is -0.290. The van der Waals surface area contributed by atoms with Crippen LogP contribution in [0.25, 0.3) is 10.9 Å². The van der Waals surface area contributed by atoms with Crippen LogP contribution in [-0.2, 0) is 11.2 Å². The van der Waals surface area contributed by atoms with Crippen LogP contribution in [0.5, 0.6) is 0 Å². The van der Waals surface area contributed by atoms with Gasteiger partial charge in [0.1, 0.15) is 7.05 Å². The lowest BCUT2D eigenvalue weighted by atomic mass is 9.85. The Morgan fingerprint density at radius 1 is 1.10 bits per heavy atom. The highest BCUT2D eigenvalue weighted by molar-refractivity contribution is 6.31. The summed E-state index contributed by atoms with van der Waals surface area (Å²) >= 11 is 0. The lowest BCUT2D eigenvalue weighted by Gasteiger charge is -2.30. The van der Waals surface area contributed by atoms with Gasteiger partial charge in [0.15, 0.2) is 18.2 Å². The second kappa shape index (κ2) is 7.62. The summed E-state index contributed by atoms with van der Waals surface area (Å²) in [5.41, 5.74) is 3.02. The van der Waals surface area contributed by atoms with Crippen molar-refractivity contribution in [1.82, 2.24) is 4.98 Å². The molecule has 1 saturated carbocycles. The predicted octanol–water partition coefficient (Wildman–Crippen LogP) is 1.75. The van der Waals surface area contributed by atoms with Crippen LogP contribution in [0.15, 0.2) is 65.8 Å². The molecule has 7 heteroatoms. The molecule has 1 fully saturated rings. The van der Waals surface area contributed by atoms with Crippen LogP contribution in [0.3, 0.4) is 0 Å². The third-order valence-electron chi connectivity index (χ3n) is 5.33. The van der Waals surface area contributed by atoms with Gasteiger partial charge in [0.2, 0.25) is 11.4 Å². The third kappa shape index (κ3) is 3.46. The third-order valence-corrected chi connectivity index (χ3v) is 5.33. The highest BCUT2D eigenvalue weighted by Gasteiger charge is 2.49. The Morgan fingerprint density at radius 2 is 1.76 bits per heavy atom. The Kier molecular flexibility index (Phi) is 5.00. The molecule has 3 aromatic rings. The fourth-order valence-electron chi connectivity index (χ4n) is 3.69. The number of hydrogen-bond acceptors (Lipinski definition) is 4. The molecule has 3 atom stereocenters. The number of fused-ring (bicyclic) bond motifs is 1. The van der Waals surface area contributed by atoms with E-state index in [0.717, 1.165) is 22.2 Å². The number of carbonyl (C=O) groups is 1. The van der Waals surface area contributed by atoms with Crippen LogP contribution in [0.1, 0.15) is 5.56 Å². The minimum absolute atomic E-state index is 0.0787. The second-order valence-corrected chi connectivity index (χ2v) is 7.10. The lowest BCUT2D eigenvalue weighted by Crippen LogP contribution is -2.60. The van der Waals surface area contributed by atoms with Gasteiger partial charge < -0.3 is 20.3 Å². The molecule has 2 aromatic carbocycles. The number of H-pyrrole nitrogens is 1. The van der Waals surface area contributed by atoms with Crippen molar-refractivity contribution in [2.24, 2.45) is 4.99 Å². The molecular formula is C22H22N3O4+. The lowest BCUT2D eigenvalue weighted by molar-refractivity contribution is -0.412. The molecule has 0 saturated heterocycles. The summed E-state index contributed by atoms with van der Waals surface area (Å²) < 4.78 is 1.70. The first kappa shape index (κ1) is 19.0.